The van der Waals surface area contributed by atoms with Crippen LogP contribution in [0.25, 0.3) is 10.9 Å². The van der Waals surface area contributed by atoms with Crippen molar-refractivity contribution in [1.82, 2.24) is 10.3 Å². The molecule has 0 radical (unpaired) electrons. The van der Waals surface area contributed by atoms with Crippen LogP contribution in [0.4, 0.5) is 10.1 Å². The second kappa shape index (κ2) is 8.27. The quantitative estimate of drug-likeness (QED) is 0.680. The Morgan fingerprint density at radius 2 is 1.93 bits per heavy atom. The molecule has 0 saturated heterocycles. The second-order valence-corrected chi connectivity index (χ2v) is 5.72. The standard InChI is InChI=1S/C20H18FN3O3/c1-2-27-17-9-8-13(11-15(17)21)12-23-19(25)20(26)24-16-7-3-5-14-6-4-10-22-18(14)16/h3-11H,2,12H2,1H3,(H,23,25)(H,24,26). The molecular formula is C20H18FN3O3. The number of amides is 2. The number of ether oxygens (including phenoxy) is 1. The maximum atomic E-state index is 13.8. The highest BCUT2D eigenvalue weighted by molar-refractivity contribution is 6.40. The number of pyridine rings is 1. The first-order chi connectivity index (χ1) is 13.1. The number of nitrogens with one attached hydrogen (secondary N) is 2. The van der Waals surface area contributed by atoms with E-state index in [1.165, 1.54) is 12.1 Å². The lowest BCUT2D eigenvalue weighted by Crippen LogP contribution is -2.35. The fourth-order valence-electron chi connectivity index (χ4n) is 2.57. The van der Waals surface area contributed by atoms with Crippen LogP contribution in [0.1, 0.15) is 12.5 Å². The van der Waals surface area contributed by atoms with E-state index in [4.69, 9.17) is 4.74 Å². The first-order valence-electron chi connectivity index (χ1n) is 8.42. The van der Waals surface area contributed by atoms with Crippen LogP contribution < -0.4 is 15.4 Å². The van der Waals surface area contributed by atoms with Crippen molar-refractivity contribution in [1.29, 1.82) is 0 Å². The molecular weight excluding hydrogens is 349 g/mol. The molecule has 2 aromatic carbocycles. The molecule has 0 spiro atoms. The van der Waals surface area contributed by atoms with Gasteiger partial charge in [-0.05, 0) is 36.8 Å². The van der Waals surface area contributed by atoms with E-state index in [0.717, 1.165) is 5.39 Å². The average Bonchev–Trinajstić information content (AvgIpc) is 2.68. The number of anilines is 1. The van der Waals surface area contributed by atoms with Gasteiger partial charge in [-0.1, -0.05) is 24.3 Å². The molecule has 0 saturated carbocycles. The van der Waals surface area contributed by atoms with Crippen molar-refractivity contribution in [3.63, 3.8) is 0 Å². The molecule has 1 aromatic heterocycles. The van der Waals surface area contributed by atoms with Crippen LogP contribution in [0.15, 0.2) is 54.7 Å². The number of aromatic nitrogens is 1. The Hall–Kier alpha value is -3.48. The number of carbonyl (C=O) groups is 2. The molecule has 138 valence electrons. The zero-order chi connectivity index (χ0) is 19.2. The summed E-state index contributed by atoms with van der Waals surface area (Å²) in [6.45, 7) is 2.14. The largest absolute Gasteiger partial charge is 0.491 e. The van der Waals surface area contributed by atoms with E-state index in [1.807, 2.05) is 12.1 Å². The van der Waals surface area contributed by atoms with Gasteiger partial charge in [0.25, 0.3) is 0 Å². The molecule has 0 unspecified atom stereocenters. The van der Waals surface area contributed by atoms with Gasteiger partial charge < -0.3 is 15.4 Å². The Morgan fingerprint density at radius 3 is 2.70 bits per heavy atom. The predicted octanol–water partition coefficient (Wildman–Crippen LogP) is 3.03. The summed E-state index contributed by atoms with van der Waals surface area (Å²) in [6, 6.07) is 13.3. The number of benzene rings is 2. The fraction of sp³-hybridized carbons (Fsp3) is 0.150. The van der Waals surface area contributed by atoms with Crippen molar-refractivity contribution >= 4 is 28.4 Å². The third-order valence-corrected chi connectivity index (χ3v) is 3.84. The van der Waals surface area contributed by atoms with Crippen LogP contribution in [0.2, 0.25) is 0 Å². The molecule has 0 bridgehead atoms. The Morgan fingerprint density at radius 1 is 1.11 bits per heavy atom. The smallest absolute Gasteiger partial charge is 0.313 e. The van der Waals surface area contributed by atoms with E-state index in [9.17, 15) is 14.0 Å². The van der Waals surface area contributed by atoms with Crippen molar-refractivity contribution in [2.24, 2.45) is 0 Å². The zero-order valence-corrected chi connectivity index (χ0v) is 14.7. The number of rotatable bonds is 5. The summed E-state index contributed by atoms with van der Waals surface area (Å²) in [5, 5.41) is 5.87. The van der Waals surface area contributed by atoms with Crippen molar-refractivity contribution in [2.45, 2.75) is 13.5 Å². The maximum absolute atomic E-state index is 13.8. The third kappa shape index (κ3) is 4.38. The topological polar surface area (TPSA) is 80.3 Å². The second-order valence-electron chi connectivity index (χ2n) is 5.72. The fourth-order valence-corrected chi connectivity index (χ4v) is 2.57. The first-order valence-corrected chi connectivity index (χ1v) is 8.42. The van der Waals surface area contributed by atoms with Crippen LogP contribution in [0.5, 0.6) is 5.75 Å². The van der Waals surface area contributed by atoms with Crippen LogP contribution in [-0.4, -0.2) is 23.4 Å². The number of fused-ring (bicyclic) bond motifs is 1. The maximum Gasteiger partial charge on any atom is 0.313 e. The Bertz CT molecular complexity index is 986. The average molecular weight is 367 g/mol. The van der Waals surface area contributed by atoms with E-state index < -0.39 is 17.6 Å². The van der Waals surface area contributed by atoms with Gasteiger partial charge in [0.05, 0.1) is 17.8 Å². The Kier molecular flexibility index (Phi) is 5.61. The Labute approximate surface area is 155 Å². The lowest BCUT2D eigenvalue weighted by atomic mass is 10.2. The molecule has 27 heavy (non-hydrogen) atoms. The molecule has 1 heterocycles. The predicted molar refractivity (Wildman–Crippen MR) is 99.8 cm³/mol. The SMILES string of the molecule is CCOc1ccc(CNC(=O)C(=O)Nc2cccc3cccnc23)cc1F. The highest BCUT2D eigenvalue weighted by atomic mass is 19.1. The van der Waals surface area contributed by atoms with Gasteiger partial charge in [-0.2, -0.15) is 0 Å². The summed E-state index contributed by atoms with van der Waals surface area (Å²) in [5.74, 6) is -2.01. The minimum atomic E-state index is -0.822. The molecule has 0 aliphatic heterocycles. The summed E-state index contributed by atoms with van der Waals surface area (Å²) in [4.78, 5) is 28.4. The molecule has 0 atom stereocenters. The lowest BCUT2D eigenvalue weighted by Gasteiger charge is -2.09. The van der Waals surface area contributed by atoms with Gasteiger partial charge in [0.1, 0.15) is 0 Å². The summed E-state index contributed by atoms with van der Waals surface area (Å²) >= 11 is 0. The minimum absolute atomic E-state index is 0.0172. The van der Waals surface area contributed by atoms with Gasteiger partial charge in [0.15, 0.2) is 11.6 Å². The van der Waals surface area contributed by atoms with Crippen molar-refractivity contribution < 1.29 is 18.7 Å². The van der Waals surface area contributed by atoms with E-state index in [-0.39, 0.29) is 12.3 Å². The van der Waals surface area contributed by atoms with Gasteiger partial charge in [-0.15, -0.1) is 0 Å². The van der Waals surface area contributed by atoms with Crippen LogP contribution in [0.3, 0.4) is 0 Å². The Balaban J connectivity index is 1.62. The summed E-state index contributed by atoms with van der Waals surface area (Å²) < 4.78 is 19.0. The van der Waals surface area contributed by atoms with E-state index in [1.54, 1.807) is 37.4 Å². The number of hydrogen-bond donors (Lipinski definition) is 2. The van der Waals surface area contributed by atoms with E-state index in [0.29, 0.717) is 23.4 Å². The van der Waals surface area contributed by atoms with Gasteiger partial charge >= 0.3 is 11.8 Å². The van der Waals surface area contributed by atoms with Gasteiger partial charge in [-0.3, -0.25) is 14.6 Å². The summed E-state index contributed by atoms with van der Waals surface area (Å²) in [7, 11) is 0. The van der Waals surface area contributed by atoms with Crippen molar-refractivity contribution in [3.8, 4) is 5.75 Å². The van der Waals surface area contributed by atoms with Crippen LogP contribution >= 0.6 is 0 Å². The van der Waals surface area contributed by atoms with Gasteiger partial charge in [0.2, 0.25) is 0 Å². The molecule has 7 heteroatoms. The first kappa shape index (κ1) is 18.3. The van der Waals surface area contributed by atoms with Crippen molar-refractivity contribution in [2.75, 3.05) is 11.9 Å². The number of halogens is 1. The van der Waals surface area contributed by atoms with E-state index >= 15 is 0 Å². The van der Waals surface area contributed by atoms with E-state index in [2.05, 4.69) is 15.6 Å². The third-order valence-electron chi connectivity index (χ3n) is 3.84. The molecule has 3 rings (SSSR count). The molecule has 0 aliphatic carbocycles. The molecule has 6 nitrogen and oxygen atoms in total. The molecule has 2 amide bonds. The normalized spacial score (nSPS) is 10.4. The number of para-hydroxylation sites is 1. The van der Waals surface area contributed by atoms with Crippen LogP contribution in [0, 0.1) is 5.82 Å². The number of nitrogens with zero attached hydrogens (tertiary/aromatic N) is 1. The lowest BCUT2D eigenvalue weighted by molar-refractivity contribution is -0.136. The van der Waals surface area contributed by atoms with Crippen LogP contribution in [-0.2, 0) is 16.1 Å². The monoisotopic (exact) mass is 367 g/mol. The molecule has 2 N–H and O–H groups in total. The molecule has 0 aliphatic rings. The summed E-state index contributed by atoms with van der Waals surface area (Å²) in [6.07, 6.45) is 1.61. The molecule has 3 aromatic rings. The zero-order valence-electron chi connectivity index (χ0n) is 14.7. The van der Waals surface area contributed by atoms with Gasteiger partial charge in [-0.25, -0.2) is 4.39 Å². The summed E-state index contributed by atoms with van der Waals surface area (Å²) in [5.41, 5.74) is 1.55. The number of hydrogen-bond acceptors (Lipinski definition) is 4. The number of carbonyl (C=O) groups excluding carboxylic acids is 2. The van der Waals surface area contributed by atoms with Gasteiger partial charge in [0, 0.05) is 18.1 Å². The highest BCUT2D eigenvalue weighted by Crippen LogP contribution is 2.20. The highest BCUT2D eigenvalue weighted by Gasteiger charge is 2.15. The molecule has 0 fully saturated rings. The van der Waals surface area contributed by atoms with Crippen molar-refractivity contribution in [3.05, 3.63) is 66.1 Å². The minimum Gasteiger partial charge on any atom is -0.491 e.